The number of hydrogen-bond donors (Lipinski definition) is 1. The Morgan fingerprint density at radius 1 is 0.905 bits per heavy atom. The first-order valence-corrected chi connectivity index (χ1v) is 6.57. The summed E-state index contributed by atoms with van der Waals surface area (Å²) >= 11 is 0. The minimum Gasteiger partial charge on any atom is -0.493 e. The second-order valence-electron chi connectivity index (χ2n) is 4.58. The Bertz CT molecular complexity index is 722. The quantitative estimate of drug-likeness (QED) is 0.801. The number of aromatic amines is 2. The van der Waals surface area contributed by atoms with Crippen LogP contribution in [0, 0.1) is 0 Å². The molecule has 1 aromatic heterocycles. The van der Waals surface area contributed by atoms with Crippen molar-refractivity contribution in [3.8, 4) is 28.6 Å². The topological polar surface area (TPSA) is 57.6 Å². The smallest absolute Gasteiger partial charge is 0.285 e. The van der Waals surface area contributed by atoms with Crippen LogP contribution in [-0.4, -0.2) is 26.3 Å². The van der Waals surface area contributed by atoms with E-state index in [1.54, 1.807) is 21.3 Å². The van der Waals surface area contributed by atoms with Gasteiger partial charge in [0.05, 0.1) is 26.9 Å². The molecule has 0 saturated heterocycles. The van der Waals surface area contributed by atoms with Gasteiger partial charge in [0.1, 0.15) is 0 Å². The second-order valence-corrected chi connectivity index (χ2v) is 4.58. The highest BCUT2D eigenvalue weighted by molar-refractivity contribution is 5.75. The van der Waals surface area contributed by atoms with Gasteiger partial charge in [0, 0.05) is 0 Å². The van der Waals surface area contributed by atoms with E-state index in [0.29, 0.717) is 17.2 Å². The minimum absolute atomic E-state index is 0.583. The van der Waals surface area contributed by atoms with Crippen molar-refractivity contribution in [1.82, 2.24) is 4.98 Å². The van der Waals surface area contributed by atoms with E-state index in [-0.39, 0.29) is 0 Å². The van der Waals surface area contributed by atoms with Gasteiger partial charge in [-0.15, -0.1) is 0 Å². The van der Waals surface area contributed by atoms with Crippen LogP contribution in [0.2, 0.25) is 0 Å². The number of fused-ring (bicyclic) bond motifs is 1. The standard InChI is InChI=1S/C16H16N2O3/c1-19-13-8-10(9-14(20-2)15(13)21-3)16-17-11-6-4-5-7-12(11)18-16/h4-9H,1-3H3,(H,17,18)/p+1. The Morgan fingerprint density at radius 2 is 1.57 bits per heavy atom. The lowest BCUT2D eigenvalue weighted by Crippen LogP contribution is -2.03. The third-order valence-electron chi connectivity index (χ3n) is 3.40. The van der Waals surface area contributed by atoms with Gasteiger partial charge < -0.3 is 14.2 Å². The van der Waals surface area contributed by atoms with Crippen molar-refractivity contribution in [3.63, 3.8) is 0 Å². The molecule has 0 unspecified atom stereocenters. The van der Waals surface area contributed by atoms with Gasteiger partial charge in [0.25, 0.3) is 5.82 Å². The highest BCUT2D eigenvalue weighted by atomic mass is 16.5. The number of imidazole rings is 1. The summed E-state index contributed by atoms with van der Waals surface area (Å²) in [5, 5.41) is 0. The zero-order valence-corrected chi connectivity index (χ0v) is 12.2. The van der Waals surface area contributed by atoms with Crippen LogP contribution in [0.25, 0.3) is 22.4 Å². The predicted octanol–water partition coefficient (Wildman–Crippen LogP) is 2.67. The zero-order chi connectivity index (χ0) is 14.8. The normalized spacial score (nSPS) is 10.6. The fourth-order valence-corrected chi connectivity index (χ4v) is 2.37. The summed E-state index contributed by atoms with van der Waals surface area (Å²) in [7, 11) is 4.81. The van der Waals surface area contributed by atoms with E-state index < -0.39 is 0 Å². The third-order valence-corrected chi connectivity index (χ3v) is 3.40. The molecule has 1 heterocycles. The lowest BCUT2D eigenvalue weighted by Gasteiger charge is -2.12. The van der Waals surface area contributed by atoms with E-state index in [9.17, 15) is 0 Å². The van der Waals surface area contributed by atoms with E-state index in [1.807, 2.05) is 36.4 Å². The maximum atomic E-state index is 5.38. The first-order valence-electron chi connectivity index (χ1n) is 6.57. The fraction of sp³-hybridized carbons (Fsp3) is 0.188. The van der Waals surface area contributed by atoms with Crippen LogP contribution in [0.1, 0.15) is 0 Å². The van der Waals surface area contributed by atoms with Gasteiger partial charge in [0.15, 0.2) is 22.5 Å². The van der Waals surface area contributed by atoms with Crippen LogP contribution in [0.5, 0.6) is 17.2 Å². The Labute approximate surface area is 122 Å². The molecular formula is C16H17N2O3+. The molecule has 108 valence electrons. The van der Waals surface area contributed by atoms with Crippen molar-refractivity contribution < 1.29 is 19.2 Å². The molecule has 0 spiro atoms. The predicted molar refractivity (Wildman–Crippen MR) is 79.9 cm³/mol. The SMILES string of the molecule is COc1cc(-c2[nH]c3ccccc3[nH+]2)cc(OC)c1OC. The largest absolute Gasteiger partial charge is 0.493 e. The van der Waals surface area contributed by atoms with Crippen LogP contribution in [0.15, 0.2) is 36.4 Å². The maximum absolute atomic E-state index is 5.38. The molecule has 3 aromatic rings. The number of rotatable bonds is 4. The average molecular weight is 285 g/mol. The summed E-state index contributed by atoms with van der Waals surface area (Å²) in [6.45, 7) is 0. The first kappa shape index (κ1) is 13.3. The lowest BCUT2D eigenvalue weighted by atomic mass is 10.1. The molecule has 0 fully saturated rings. The molecule has 5 heteroatoms. The molecule has 0 bridgehead atoms. The van der Waals surface area contributed by atoms with Gasteiger partial charge in [-0.1, -0.05) is 12.1 Å². The Morgan fingerprint density at radius 3 is 2.14 bits per heavy atom. The summed E-state index contributed by atoms with van der Waals surface area (Å²) in [4.78, 5) is 6.69. The van der Waals surface area contributed by atoms with Gasteiger partial charge in [-0.25, -0.2) is 9.97 Å². The molecule has 21 heavy (non-hydrogen) atoms. The van der Waals surface area contributed by atoms with Crippen molar-refractivity contribution in [1.29, 1.82) is 0 Å². The molecule has 0 atom stereocenters. The Hall–Kier alpha value is -2.69. The lowest BCUT2D eigenvalue weighted by molar-refractivity contribution is -0.330. The van der Waals surface area contributed by atoms with Crippen LogP contribution < -0.4 is 19.2 Å². The van der Waals surface area contributed by atoms with Crippen molar-refractivity contribution in [3.05, 3.63) is 36.4 Å². The second kappa shape index (κ2) is 5.36. The van der Waals surface area contributed by atoms with E-state index in [0.717, 1.165) is 22.4 Å². The van der Waals surface area contributed by atoms with Gasteiger partial charge in [-0.05, 0) is 24.3 Å². The number of aromatic nitrogens is 2. The molecule has 0 radical (unpaired) electrons. The molecule has 0 aliphatic heterocycles. The van der Waals surface area contributed by atoms with Crippen LogP contribution in [-0.2, 0) is 0 Å². The van der Waals surface area contributed by atoms with E-state index in [2.05, 4.69) is 9.97 Å². The molecule has 3 rings (SSSR count). The monoisotopic (exact) mass is 285 g/mol. The van der Waals surface area contributed by atoms with Crippen LogP contribution in [0.4, 0.5) is 0 Å². The molecule has 0 amide bonds. The Kier molecular flexibility index (Phi) is 3.39. The van der Waals surface area contributed by atoms with Gasteiger partial charge in [-0.2, -0.15) is 0 Å². The number of para-hydroxylation sites is 2. The summed E-state index contributed by atoms with van der Waals surface area (Å²) in [6, 6.07) is 11.8. The molecule has 2 N–H and O–H groups in total. The molecule has 0 saturated carbocycles. The summed E-state index contributed by atoms with van der Waals surface area (Å²) < 4.78 is 16.1. The van der Waals surface area contributed by atoms with E-state index in [1.165, 1.54) is 0 Å². The minimum atomic E-state index is 0.583. The summed E-state index contributed by atoms with van der Waals surface area (Å²) in [5.74, 6) is 2.72. The number of benzene rings is 2. The van der Waals surface area contributed by atoms with E-state index in [4.69, 9.17) is 14.2 Å². The molecule has 2 aromatic carbocycles. The highest BCUT2D eigenvalue weighted by Crippen LogP contribution is 2.40. The number of methoxy groups -OCH3 is 3. The molecular weight excluding hydrogens is 268 g/mol. The van der Waals surface area contributed by atoms with Gasteiger partial charge >= 0.3 is 0 Å². The summed E-state index contributed by atoms with van der Waals surface area (Å²) in [5.41, 5.74) is 3.02. The van der Waals surface area contributed by atoms with E-state index >= 15 is 0 Å². The number of ether oxygens (including phenoxy) is 3. The third kappa shape index (κ3) is 2.27. The molecule has 0 aliphatic carbocycles. The number of hydrogen-bond acceptors (Lipinski definition) is 3. The molecule has 5 nitrogen and oxygen atoms in total. The Balaban J connectivity index is 2.17. The molecule has 0 aliphatic rings. The van der Waals surface area contributed by atoms with Gasteiger partial charge in [-0.3, -0.25) is 0 Å². The van der Waals surface area contributed by atoms with Gasteiger partial charge in [0.2, 0.25) is 5.75 Å². The average Bonchev–Trinajstić information content (AvgIpc) is 2.97. The van der Waals surface area contributed by atoms with Crippen molar-refractivity contribution in [2.45, 2.75) is 0 Å². The van der Waals surface area contributed by atoms with Crippen LogP contribution >= 0.6 is 0 Å². The maximum Gasteiger partial charge on any atom is 0.285 e. The number of H-pyrrole nitrogens is 2. The zero-order valence-electron chi connectivity index (χ0n) is 12.2. The van der Waals surface area contributed by atoms with Crippen molar-refractivity contribution in [2.24, 2.45) is 0 Å². The summed E-state index contributed by atoms with van der Waals surface area (Å²) in [6.07, 6.45) is 0. The highest BCUT2D eigenvalue weighted by Gasteiger charge is 2.18. The number of nitrogens with one attached hydrogen (secondary N) is 2. The van der Waals surface area contributed by atoms with Crippen molar-refractivity contribution in [2.75, 3.05) is 21.3 Å². The van der Waals surface area contributed by atoms with Crippen LogP contribution in [0.3, 0.4) is 0 Å². The first-order chi connectivity index (χ1) is 10.3. The van der Waals surface area contributed by atoms with Crippen molar-refractivity contribution >= 4 is 11.0 Å². The fourth-order valence-electron chi connectivity index (χ4n) is 2.37.